The van der Waals surface area contributed by atoms with Gasteiger partial charge in [-0.25, -0.2) is 8.78 Å². The number of phenolic OH excluding ortho intramolecular Hbond substituents is 1. The molecule has 0 bridgehead atoms. The second kappa shape index (κ2) is 10.6. The summed E-state index contributed by atoms with van der Waals surface area (Å²) in [6, 6.07) is 20.9. The molecular weight excluding hydrogens is 506 g/mol. The molecule has 6 rings (SSSR count). The Balaban J connectivity index is 0.000000158. The van der Waals surface area contributed by atoms with Gasteiger partial charge >= 0.3 is 0 Å². The number of halogens is 2. The number of hydrogen-bond acceptors (Lipinski definition) is 6. The summed E-state index contributed by atoms with van der Waals surface area (Å²) in [5.41, 5.74) is 1.87. The molecular formula is C31H20F2O6. The van der Waals surface area contributed by atoms with Gasteiger partial charge in [-0.05, 0) is 59.7 Å². The van der Waals surface area contributed by atoms with E-state index >= 15 is 0 Å². The van der Waals surface area contributed by atoms with Crippen molar-refractivity contribution in [2.45, 2.75) is 0 Å². The van der Waals surface area contributed by atoms with Gasteiger partial charge in [0.25, 0.3) is 0 Å². The van der Waals surface area contributed by atoms with Crippen LogP contribution in [0.3, 0.4) is 0 Å². The first kappa shape index (κ1) is 25.4. The van der Waals surface area contributed by atoms with Crippen molar-refractivity contribution in [2.24, 2.45) is 0 Å². The summed E-state index contributed by atoms with van der Waals surface area (Å²) in [4.78, 5) is 24.7. The maximum atomic E-state index is 13.2. The molecule has 0 saturated heterocycles. The Morgan fingerprint density at radius 3 is 1.69 bits per heavy atom. The Labute approximate surface area is 220 Å². The highest BCUT2D eigenvalue weighted by molar-refractivity contribution is 5.83. The van der Waals surface area contributed by atoms with E-state index in [9.17, 15) is 23.5 Å². The summed E-state index contributed by atoms with van der Waals surface area (Å²) in [7, 11) is 1.54. The van der Waals surface area contributed by atoms with E-state index in [1.807, 2.05) is 0 Å². The number of hydrogen-bond donors (Lipinski definition) is 1. The Hall–Kier alpha value is -5.24. The van der Waals surface area contributed by atoms with Crippen LogP contribution in [0.2, 0.25) is 0 Å². The molecule has 0 spiro atoms. The minimum absolute atomic E-state index is 0.0224. The molecule has 0 fully saturated rings. The zero-order valence-corrected chi connectivity index (χ0v) is 20.5. The quantitative estimate of drug-likeness (QED) is 0.269. The predicted octanol–water partition coefficient (Wildman–Crippen LogP) is 6.91. The molecule has 0 unspecified atom stereocenters. The van der Waals surface area contributed by atoms with Gasteiger partial charge in [-0.1, -0.05) is 24.3 Å². The largest absolute Gasteiger partial charge is 0.508 e. The van der Waals surface area contributed by atoms with E-state index in [4.69, 9.17) is 13.6 Å². The standard InChI is InChI=1S/C16H11FO3.C15H9FO3/c1-19-12-5-6-13-15(8-12)20-9-14(16(13)18)10-3-2-4-11(17)7-10;16-10-3-1-2-9(6-10)13-8-19-14-7-11(17)4-5-12(14)15(13)18/h2-9H,1H3;1-8,17H. The first-order valence-corrected chi connectivity index (χ1v) is 11.7. The predicted molar refractivity (Wildman–Crippen MR) is 144 cm³/mol. The first-order chi connectivity index (χ1) is 18.8. The Morgan fingerprint density at radius 2 is 1.18 bits per heavy atom. The lowest BCUT2D eigenvalue weighted by Gasteiger charge is -2.04. The highest BCUT2D eigenvalue weighted by atomic mass is 19.1. The summed E-state index contributed by atoms with van der Waals surface area (Å²) in [5.74, 6) is -0.173. The second-order valence-electron chi connectivity index (χ2n) is 8.52. The van der Waals surface area contributed by atoms with Crippen molar-refractivity contribution in [1.29, 1.82) is 0 Å². The van der Waals surface area contributed by atoms with Crippen molar-refractivity contribution >= 4 is 21.9 Å². The summed E-state index contributed by atoms with van der Waals surface area (Å²) in [6.07, 6.45) is 2.62. The molecule has 0 saturated carbocycles. The molecule has 2 aromatic heterocycles. The summed E-state index contributed by atoms with van der Waals surface area (Å²) in [5, 5.41) is 10.1. The maximum absolute atomic E-state index is 13.2. The lowest BCUT2D eigenvalue weighted by atomic mass is 10.1. The van der Waals surface area contributed by atoms with Crippen LogP contribution < -0.4 is 15.6 Å². The Kier molecular flexibility index (Phi) is 6.93. The molecule has 194 valence electrons. The van der Waals surface area contributed by atoms with Gasteiger partial charge in [0.2, 0.25) is 0 Å². The monoisotopic (exact) mass is 526 g/mol. The van der Waals surface area contributed by atoms with Crippen LogP contribution >= 0.6 is 0 Å². The van der Waals surface area contributed by atoms with E-state index in [2.05, 4.69) is 0 Å². The lowest BCUT2D eigenvalue weighted by Crippen LogP contribution is -2.04. The van der Waals surface area contributed by atoms with E-state index in [-0.39, 0.29) is 22.2 Å². The van der Waals surface area contributed by atoms with Gasteiger partial charge < -0.3 is 18.7 Å². The highest BCUT2D eigenvalue weighted by Crippen LogP contribution is 2.24. The fraction of sp³-hybridized carbons (Fsp3) is 0.0323. The third kappa shape index (κ3) is 5.26. The van der Waals surface area contributed by atoms with Crippen molar-refractivity contribution in [3.8, 4) is 33.8 Å². The molecule has 0 aliphatic heterocycles. The van der Waals surface area contributed by atoms with Crippen molar-refractivity contribution in [3.63, 3.8) is 0 Å². The van der Waals surface area contributed by atoms with Gasteiger partial charge in [-0.2, -0.15) is 0 Å². The van der Waals surface area contributed by atoms with E-state index in [0.29, 0.717) is 44.4 Å². The van der Waals surface area contributed by atoms with Gasteiger partial charge in [0.15, 0.2) is 10.9 Å². The SMILES string of the molecule is COc1ccc2c(=O)c(-c3cccc(F)c3)coc2c1.O=c1c(-c2cccc(F)c2)coc2cc(O)ccc12. The van der Waals surface area contributed by atoms with Crippen molar-refractivity contribution in [2.75, 3.05) is 7.11 Å². The molecule has 0 aliphatic carbocycles. The number of rotatable bonds is 3. The zero-order valence-electron chi connectivity index (χ0n) is 20.5. The van der Waals surface area contributed by atoms with Crippen LogP contribution in [-0.2, 0) is 0 Å². The normalized spacial score (nSPS) is 10.7. The highest BCUT2D eigenvalue weighted by Gasteiger charge is 2.11. The summed E-state index contributed by atoms with van der Waals surface area (Å²) in [6.45, 7) is 0. The molecule has 8 heteroatoms. The fourth-order valence-corrected chi connectivity index (χ4v) is 4.06. The van der Waals surface area contributed by atoms with Crippen LogP contribution in [0.4, 0.5) is 8.78 Å². The van der Waals surface area contributed by atoms with E-state index < -0.39 is 11.6 Å². The molecule has 2 heterocycles. The van der Waals surface area contributed by atoms with Gasteiger partial charge in [0.05, 0.1) is 29.0 Å². The number of benzene rings is 4. The third-order valence-corrected chi connectivity index (χ3v) is 6.01. The van der Waals surface area contributed by atoms with Crippen LogP contribution in [0.1, 0.15) is 0 Å². The number of ether oxygens (including phenoxy) is 1. The van der Waals surface area contributed by atoms with E-state index in [1.54, 1.807) is 43.5 Å². The molecule has 0 radical (unpaired) electrons. The fourth-order valence-electron chi connectivity index (χ4n) is 4.06. The molecule has 6 nitrogen and oxygen atoms in total. The minimum atomic E-state index is -0.414. The minimum Gasteiger partial charge on any atom is -0.508 e. The van der Waals surface area contributed by atoms with Gasteiger partial charge in [-0.15, -0.1) is 0 Å². The summed E-state index contributed by atoms with van der Waals surface area (Å²) < 4.78 is 42.3. The average molecular weight is 526 g/mol. The smallest absolute Gasteiger partial charge is 0.200 e. The van der Waals surface area contributed by atoms with Crippen LogP contribution in [-0.4, -0.2) is 12.2 Å². The number of phenols is 1. The molecule has 0 aliphatic rings. The topological polar surface area (TPSA) is 89.9 Å². The van der Waals surface area contributed by atoms with E-state index in [1.165, 1.54) is 61.1 Å². The maximum Gasteiger partial charge on any atom is 0.200 e. The van der Waals surface area contributed by atoms with Crippen LogP contribution in [0, 0.1) is 11.6 Å². The lowest BCUT2D eigenvalue weighted by molar-refractivity contribution is 0.414. The van der Waals surface area contributed by atoms with E-state index in [0.717, 1.165) is 0 Å². The van der Waals surface area contributed by atoms with Crippen LogP contribution in [0.25, 0.3) is 44.2 Å². The molecule has 1 N–H and O–H groups in total. The molecule has 0 atom stereocenters. The zero-order chi connectivity index (χ0) is 27.5. The average Bonchev–Trinajstić information content (AvgIpc) is 2.93. The van der Waals surface area contributed by atoms with Crippen molar-refractivity contribution in [3.05, 3.63) is 130 Å². The molecule has 4 aromatic carbocycles. The number of fused-ring (bicyclic) bond motifs is 2. The number of aromatic hydroxyl groups is 1. The van der Waals surface area contributed by atoms with Crippen LogP contribution in [0.15, 0.2) is 116 Å². The number of methoxy groups -OCH3 is 1. The molecule has 6 aromatic rings. The molecule has 0 amide bonds. The third-order valence-electron chi connectivity index (χ3n) is 6.01. The van der Waals surface area contributed by atoms with Gasteiger partial charge in [0, 0.05) is 12.1 Å². The molecule has 39 heavy (non-hydrogen) atoms. The first-order valence-electron chi connectivity index (χ1n) is 11.7. The van der Waals surface area contributed by atoms with Gasteiger partial charge in [-0.3, -0.25) is 9.59 Å². The summed E-state index contributed by atoms with van der Waals surface area (Å²) >= 11 is 0. The Bertz CT molecular complexity index is 1940. The second-order valence-corrected chi connectivity index (χ2v) is 8.52. The van der Waals surface area contributed by atoms with Crippen LogP contribution in [0.5, 0.6) is 11.5 Å². The van der Waals surface area contributed by atoms with Crippen molar-refractivity contribution in [1.82, 2.24) is 0 Å². The Morgan fingerprint density at radius 1 is 0.667 bits per heavy atom. The van der Waals surface area contributed by atoms with Crippen molar-refractivity contribution < 1.29 is 27.5 Å². The van der Waals surface area contributed by atoms with Gasteiger partial charge in [0.1, 0.15) is 46.8 Å².